The Hall–Kier alpha value is -2.37. The number of carbonyl (C=O) groups excluding carboxylic acids is 3. The third kappa shape index (κ3) is 3.52. The van der Waals surface area contributed by atoms with Crippen molar-refractivity contribution in [2.75, 3.05) is 0 Å². The lowest BCUT2D eigenvalue weighted by molar-refractivity contribution is -0.134. The van der Waals surface area contributed by atoms with E-state index < -0.39 is 17.5 Å². The van der Waals surface area contributed by atoms with Gasteiger partial charge in [0.2, 0.25) is 0 Å². The molecule has 2 aliphatic carbocycles. The SMILES string of the molecule is CC1CCC2(CC1)NC(=O)N(NC(=O)c1ccc(C3CCCCC3)cc1)C2=O. The number of hydrogen-bond donors (Lipinski definition) is 2. The van der Waals surface area contributed by atoms with Crippen LogP contribution in [0.4, 0.5) is 4.79 Å². The highest BCUT2D eigenvalue weighted by Crippen LogP contribution is 2.36. The summed E-state index contributed by atoms with van der Waals surface area (Å²) in [6.45, 7) is 2.16. The van der Waals surface area contributed by atoms with E-state index in [0.717, 1.165) is 17.9 Å². The second kappa shape index (κ2) is 7.57. The second-order valence-corrected chi connectivity index (χ2v) is 8.73. The standard InChI is InChI=1S/C22H29N3O3/c1-15-11-13-22(14-12-15)20(27)25(21(28)23-22)24-19(26)18-9-7-17(8-10-18)16-5-3-2-4-6-16/h7-10,15-16H,2-6,11-14H2,1H3,(H,23,28)(H,24,26). The molecule has 0 unspecified atom stereocenters. The first kappa shape index (κ1) is 19.0. The molecule has 6 heteroatoms. The second-order valence-electron chi connectivity index (χ2n) is 8.73. The fourth-order valence-corrected chi connectivity index (χ4v) is 4.82. The molecule has 0 atom stereocenters. The summed E-state index contributed by atoms with van der Waals surface area (Å²) in [5.74, 6) is 0.364. The van der Waals surface area contributed by atoms with Crippen LogP contribution in [0.2, 0.25) is 0 Å². The maximum Gasteiger partial charge on any atom is 0.344 e. The first-order valence-electron chi connectivity index (χ1n) is 10.6. The highest BCUT2D eigenvalue weighted by molar-refractivity contribution is 6.09. The summed E-state index contributed by atoms with van der Waals surface area (Å²) in [6, 6.07) is 7.04. The van der Waals surface area contributed by atoms with E-state index in [1.54, 1.807) is 12.1 Å². The molecule has 1 heterocycles. The number of benzene rings is 1. The number of hydrogen-bond acceptors (Lipinski definition) is 3. The zero-order valence-corrected chi connectivity index (χ0v) is 16.5. The zero-order valence-electron chi connectivity index (χ0n) is 16.5. The molecule has 6 nitrogen and oxygen atoms in total. The van der Waals surface area contributed by atoms with E-state index in [9.17, 15) is 14.4 Å². The van der Waals surface area contributed by atoms with Gasteiger partial charge in [-0.05, 0) is 68.1 Å². The number of urea groups is 1. The molecule has 1 spiro atoms. The molecular weight excluding hydrogens is 354 g/mol. The van der Waals surface area contributed by atoms with Crippen LogP contribution in [0, 0.1) is 5.92 Å². The number of imide groups is 1. The summed E-state index contributed by atoms with van der Waals surface area (Å²) in [7, 11) is 0. The molecular formula is C22H29N3O3. The van der Waals surface area contributed by atoms with Crippen LogP contribution in [0.1, 0.15) is 86.6 Å². The monoisotopic (exact) mass is 383 g/mol. The summed E-state index contributed by atoms with van der Waals surface area (Å²) in [5, 5.41) is 3.69. The Morgan fingerprint density at radius 3 is 2.32 bits per heavy atom. The summed E-state index contributed by atoms with van der Waals surface area (Å²) in [5.41, 5.74) is 3.39. The van der Waals surface area contributed by atoms with Crippen LogP contribution in [-0.4, -0.2) is 28.4 Å². The molecule has 28 heavy (non-hydrogen) atoms. The minimum atomic E-state index is -0.846. The van der Waals surface area contributed by atoms with Crippen molar-refractivity contribution in [3.05, 3.63) is 35.4 Å². The van der Waals surface area contributed by atoms with Crippen LogP contribution in [0.5, 0.6) is 0 Å². The van der Waals surface area contributed by atoms with Gasteiger partial charge in [0.15, 0.2) is 0 Å². The first-order chi connectivity index (χ1) is 13.5. The van der Waals surface area contributed by atoms with Crippen molar-refractivity contribution in [2.24, 2.45) is 5.92 Å². The normalized spacial score (nSPS) is 28.5. The molecule has 4 rings (SSSR count). The number of rotatable bonds is 3. The molecule has 2 N–H and O–H groups in total. The highest BCUT2D eigenvalue weighted by atomic mass is 16.2. The van der Waals surface area contributed by atoms with E-state index in [1.165, 1.54) is 37.7 Å². The van der Waals surface area contributed by atoms with Gasteiger partial charge in [0, 0.05) is 5.56 Å². The molecule has 1 aromatic carbocycles. The lowest BCUT2D eigenvalue weighted by Crippen LogP contribution is -2.51. The molecule has 0 bridgehead atoms. The predicted molar refractivity (Wildman–Crippen MR) is 105 cm³/mol. The van der Waals surface area contributed by atoms with Crippen molar-refractivity contribution >= 4 is 17.8 Å². The van der Waals surface area contributed by atoms with Gasteiger partial charge in [-0.25, -0.2) is 4.79 Å². The number of carbonyl (C=O) groups is 3. The van der Waals surface area contributed by atoms with Crippen LogP contribution in [0.25, 0.3) is 0 Å². The zero-order chi connectivity index (χ0) is 19.7. The Morgan fingerprint density at radius 2 is 1.68 bits per heavy atom. The van der Waals surface area contributed by atoms with E-state index in [-0.39, 0.29) is 5.91 Å². The van der Waals surface area contributed by atoms with Gasteiger partial charge in [-0.15, -0.1) is 0 Å². The van der Waals surface area contributed by atoms with Crippen LogP contribution in [0.3, 0.4) is 0 Å². The van der Waals surface area contributed by atoms with Crippen molar-refractivity contribution in [1.82, 2.24) is 15.8 Å². The van der Waals surface area contributed by atoms with E-state index in [0.29, 0.717) is 30.2 Å². The van der Waals surface area contributed by atoms with Crippen molar-refractivity contribution in [3.63, 3.8) is 0 Å². The number of hydrazine groups is 1. The molecule has 0 radical (unpaired) electrons. The van der Waals surface area contributed by atoms with Gasteiger partial charge in [0.25, 0.3) is 11.8 Å². The van der Waals surface area contributed by atoms with Gasteiger partial charge in [0.05, 0.1) is 0 Å². The van der Waals surface area contributed by atoms with Crippen LogP contribution < -0.4 is 10.7 Å². The van der Waals surface area contributed by atoms with E-state index in [1.807, 2.05) is 12.1 Å². The molecule has 4 amide bonds. The Morgan fingerprint density at radius 1 is 1.04 bits per heavy atom. The number of nitrogens with zero attached hydrogens (tertiary/aromatic N) is 1. The van der Waals surface area contributed by atoms with Crippen molar-refractivity contribution in [1.29, 1.82) is 0 Å². The minimum absolute atomic E-state index is 0.337. The molecule has 150 valence electrons. The lowest BCUT2D eigenvalue weighted by Gasteiger charge is -2.33. The minimum Gasteiger partial charge on any atom is -0.322 e. The Bertz CT molecular complexity index is 760. The van der Waals surface area contributed by atoms with Crippen molar-refractivity contribution in [3.8, 4) is 0 Å². The molecule has 3 fully saturated rings. The Labute approximate surface area is 166 Å². The highest BCUT2D eigenvalue weighted by Gasteiger charge is 2.52. The molecule has 0 aromatic heterocycles. The summed E-state index contributed by atoms with van der Waals surface area (Å²) < 4.78 is 0. The predicted octanol–water partition coefficient (Wildman–Crippen LogP) is 3.88. The first-order valence-corrected chi connectivity index (χ1v) is 10.6. The van der Waals surface area contributed by atoms with Gasteiger partial charge in [-0.2, -0.15) is 5.01 Å². The third-order valence-electron chi connectivity index (χ3n) is 6.75. The molecule has 1 saturated heterocycles. The maximum atomic E-state index is 12.9. The lowest BCUT2D eigenvalue weighted by atomic mass is 9.77. The average molecular weight is 383 g/mol. The molecule has 3 aliphatic rings. The van der Waals surface area contributed by atoms with Crippen molar-refractivity contribution < 1.29 is 14.4 Å². The number of amides is 4. The molecule has 1 aliphatic heterocycles. The Balaban J connectivity index is 1.42. The van der Waals surface area contributed by atoms with E-state index in [2.05, 4.69) is 17.7 Å². The number of nitrogens with one attached hydrogen (secondary N) is 2. The fourth-order valence-electron chi connectivity index (χ4n) is 4.82. The van der Waals surface area contributed by atoms with Gasteiger partial charge in [-0.3, -0.25) is 15.0 Å². The fraction of sp³-hybridized carbons (Fsp3) is 0.591. The maximum absolute atomic E-state index is 12.9. The Kier molecular flexibility index (Phi) is 5.13. The van der Waals surface area contributed by atoms with Gasteiger partial charge in [-0.1, -0.05) is 38.3 Å². The average Bonchev–Trinajstić information content (AvgIpc) is 2.95. The van der Waals surface area contributed by atoms with Crippen molar-refractivity contribution in [2.45, 2.75) is 76.2 Å². The van der Waals surface area contributed by atoms with E-state index in [4.69, 9.17) is 0 Å². The van der Waals surface area contributed by atoms with Crippen LogP contribution in [0.15, 0.2) is 24.3 Å². The summed E-state index contributed by atoms with van der Waals surface area (Å²) in [4.78, 5) is 37.8. The van der Waals surface area contributed by atoms with Gasteiger partial charge in [0.1, 0.15) is 5.54 Å². The quantitative estimate of drug-likeness (QED) is 0.778. The largest absolute Gasteiger partial charge is 0.344 e. The topological polar surface area (TPSA) is 78.5 Å². The van der Waals surface area contributed by atoms with Gasteiger partial charge < -0.3 is 5.32 Å². The summed E-state index contributed by atoms with van der Waals surface area (Å²) >= 11 is 0. The summed E-state index contributed by atoms with van der Waals surface area (Å²) in [6.07, 6.45) is 9.29. The van der Waals surface area contributed by atoms with Crippen LogP contribution in [-0.2, 0) is 4.79 Å². The third-order valence-corrected chi connectivity index (χ3v) is 6.75. The molecule has 2 saturated carbocycles. The molecule has 1 aromatic rings. The van der Waals surface area contributed by atoms with Crippen LogP contribution >= 0.6 is 0 Å². The van der Waals surface area contributed by atoms with E-state index >= 15 is 0 Å². The van der Waals surface area contributed by atoms with Gasteiger partial charge >= 0.3 is 6.03 Å². The smallest absolute Gasteiger partial charge is 0.322 e.